The maximum atomic E-state index is 4.24. The molecule has 0 N–H and O–H groups in total. The summed E-state index contributed by atoms with van der Waals surface area (Å²) in [6, 6.07) is 0. The second kappa shape index (κ2) is 3.27. The quantitative estimate of drug-likeness (QED) is 0.656. The first-order chi connectivity index (χ1) is 7.77. The summed E-state index contributed by atoms with van der Waals surface area (Å²) in [7, 11) is 0. The molecule has 4 nitrogen and oxygen atoms in total. The molecule has 0 saturated carbocycles. The third-order valence-electron chi connectivity index (χ3n) is 2.79. The second-order valence-corrected chi connectivity index (χ2v) is 4.14. The molecule has 0 aromatic carbocycles. The predicted octanol–water partition coefficient (Wildman–Crippen LogP) is 2.09. The molecule has 0 amide bonds. The van der Waals surface area contributed by atoms with Crippen molar-refractivity contribution < 1.29 is 0 Å². The van der Waals surface area contributed by atoms with Crippen molar-refractivity contribution in [1.29, 1.82) is 0 Å². The fraction of sp³-hybridized carbons (Fsp3) is 0.250. The molecule has 0 saturated heterocycles. The summed E-state index contributed by atoms with van der Waals surface area (Å²) in [5.41, 5.74) is 2.43. The molecule has 0 fully saturated rings. The summed E-state index contributed by atoms with van der Waals surface area (Å²) in [6.45, 7) is 4.36. The number of rotatable bonds is 1. The molecule has 80 valence electrons. The Morgan fingerprint density at radius 3 is 2.81 bits per heavy atom. The lowest BCUT2D eigenvalue weighted by Crippen LogP contribution is -2.35. The molecule has 4 heteroatoms. The number of allylic oxidation sites excluding steroid dienone is 4. The first-order valence-electron chi connectivity index (χ1n) is 5.34. The molecular formula is C12H12N4. The molecule has 0 radical (unpaired) electrons. The van der Waals surface area contributed by atoms with E-state index in [1.165, 1.54) is 5.57 Å². The molecule has 3 heterocycles. The first-order valence-corrected chi connectivity index (χ1v) is 5.34. The van der Waals surface area contributed by atoms with E-state index >= 15 is 0 Å². The van der Waals surface area contributed by atoms with Gasteiger partial charge in [-0.1, -0.05) is 19.9 Å². The van der Waals surface area contributed by atoms with Crippen LogP contribution in [-0.4, -0.2) is 23.4 Å². The Kier molecular flexibility index (Phi) is 1.89. The van der Waals surface area contributed by atoms with E-state index in [0.29, 0.717) is 11.9 Å². The van der Waals surface area contributed by atoms with E-state index in [-0.39, 0.29) is 0 Å². The van der Waals surface area contributed by atoms with Crippen LogP contribution in [0.4, 0.5) is 0 Å². The van der Waals surface area contributed by atoms with Crippen molar-refractivity contribution in [3.05, 3.63) is 35.3 Å². The minimum Gasteiger partial charge on any atom is -0.262 e. The zero-order valence-electron chi connectivity index (χ0n) is 9.25. The van der Waals surface area contributed by atoms with Gasteiger partial charge in [0.25, 0.3) is 0 Å². The minimum absolute atomic E-state index is 0.475. The number of guanidine groups is 1. The van der Waals surface area contributed by atoms with Gasteiger partial charge in [-0.3, -0.25) is 4.90 Å². The van der Waals surface area contributed by atoms with E-state index in [0.717, 1.165) is 11.5 Å². The predicted molar refractivity (Wildman–Crippen MR) is 65.3 cm³/mol. The van der Waals surface area contributed by atoms with Crippen LogP contribution in [0.3, 0.4) is 0 Å². The molecule has 0 bridgehead atoms. The standard InChI is InChI=1S/C12H12N4/c1-8(2)9-3-4-11-14-7-15-12-13-6-5-10(9)16(11)12/h3-8H,1-2H3. The highest BCUT2D eigenvalue weighted by atomic mass is 15.4. The second-order valence-electron chi connectivity index (χ2n) is 4.14. The lowest BCUT2D eigenvalue weighted by atomic mass is 9.95. The monoisotopic (exact) mass is 212 g/mol. The van der Waals surface area contributed by atoms with Crippen LogP contribution < -0.4 is 0 Å². The van der Waals surface area contributed by atoms with Crippen LogP contribution >= 0.6 is 0 Å². The van der Waals surface area contributed by atoms with Crippen LogP contribution in [-0.2, 0) is 0 Å². The summed E-state index contributed by atoms with van der Waals surface area (Å²) in [6.07, 6.45) is 9.49. The van der Waals surface area contributed by atoms with Crippen LogP contribution in [0.2, 0.25) is 0 Å². The van der Waals surface area contributed by atoms with Gasteiger partial charge in [0.15, 0.2) is 0 Å². The van der Waals surface area contributed by atoms with Gasteiger partial charge in [-0.05, 0) is 23.6 Å². The fourth-order valence-corrected chi connectivity index (χ4v) is 2.01. The zero-order valence-corrected chi connectivity index (χ0v) is 9.25. The number of aliphatic imine (C=N–C) groups is 3. The van der Waals surface area contributed by atoms with Crippen LogP contribution in [0.5, 0.6) is 0 Å². The number of hydrogen-bond acceptors (Lipinski definition) is 4. The van der Waals surface area contributed by atoms with Gasteiger partial charge in [0.05, 0.1) is 5.70 Å². The molecule has 16 heavy (non-hydrogen) atoms. The van der Waals surface area contributed by atoms with E-state index in [1.807, 2.05) is 17.1 Å². The molecule has 0 unspecified atom stereocenters. The maximum absolute atomic E-state index is 4.24. The fourth-order valence-electron chi connectivity index (χ4n) is 2.01. The van der Waals surface area contributed by atoms with Crippen molar-refractivity contribution in [3.63, 3.8) is 0 Å². The Labute approximate surface area is 94.1 Å². The van der Waals surface area contributed by atoms with Crippen LogP contribution in [0, 0.1) is 5.92 Å². The Bertz CT molecular complexity index is 515. The maximum Gasteiger partial charge on any atom is 0.237 e. The Hall–Kier alpha value is -1.97. The average Bonchev–Trinajstić information content (AvgIpc) is 2.30. The molecule has 3 aliphatic rings. The van der Waals surface area contributed by atoms with E-state index in [2.05, 4.69) is 34.9 Å². The summed E-state index contributed by atoms with van der Waals surface area (Å²) >= 11 is 0. The van der Waals surface area contributed by atoms with Gasteiger partial charge in [0.1, 0.15) is 12.2 Å². The SMILES string of the molecule is CC(C)C1=CC=C2N=CN=C3N=CC=C1N23. The van der Waals surface area contributed by atoms with Gasteiger partial charge >= 0.3 is 0 Å². The normalized spacial score (nSPS) is 21.3. The topological polar surface area (TPSA) is 40.3 Å². The molecule has 3 rings (SSSR count). The highest BCUT2D eigenvalue weighted by Crippen LogP contribution is 2.33. The van der Waals surface area contributed by atoms with Gasteiger partial charge in [0, 0.05) is 6.21 Å². The van der Waals surface area contributed by atoms with E-state index in [1.54, 1.807) is 12.6 Å². The van der Waals surface area contributed by atoms with Crippen molar-refractivity contribution >= 4 is 18.5 Å². The van der Waals surface area contributed by atoms with Crippen molar-refractivity contribution in [2.45, 2.75) is 13.8 Å². The molecule has 3 aliphatic heterocycles. The van der Waals surface area contributed by atoms with Crippen molar-refractivity contribution in [2.24, 2.45) is 20.9 Å². The third-order valence-corrected chi connectivity index (χ3v) is 2.79. The lowest BCUT2D eigenvalue weighted by Gasteiger charge is -2.34. The summed E-state index contributed by atoms with van der Waals surface area (Å²) in [5.74, 6) is 2.06. The van der Waals surface area contributed by atoms with Gasteiger partial charge in [-0.25, -0.2) is 15.0 Å². The zero-order chi connectivity index (χ0) is 11.1. The van der Waals surface area contributed by atoms with Crippen LogP contribution in [0.15, 0.2) is 50.3 Å². The van der Waals surface area contributed by atoms with Gasteiger partial charge in [-0.15, -0.1) is 0 Å². The average molecular weight is 212 g/mol. The molecule has 0 spiro atoms. The first kappa shape index (κ1) is 9.27. The summed E-state index contributed by atoms with van der Waals surface area (Å²) in [5, 5.41) is 0. The molecule has 0 atom stereocenters. The molecule has 0 aromatic heterocycles. The third kappa shape index (κ3) is 1.19. The highest BCUT2D eigenvalue weighted by Gasteiger charge is 2.29. The lowest BCUT2D eigenvalue weighted by molar-refractivity contribution is 0.579. The van der Waals surface area contributed by atoms with Gasteiger partial charge in [-0.2, -0.15) is 0 Å². The molecule has 0 aromatic rings. The largest absolute Gasteiger partial charge is 0.262 e. The smallest absolute Gasteiger partial charge is 0.237 e. The van der Waals surface area contributed by atoms with Gasteiger partial charge in [0.2, 0.25) is 5.96 Å². The molecular weight excluding hydrogens is 200 g/mol. The minimum atomic E-state index is 0.475. The van der Waals surface area contributed by atoms with Crippen LogP contribution in [0.25, 0.3) is 0 Å². The van der Waals surface area contributed by atoms with E-state index < -0.39 is 0 Å². The van der Waals surface area contributed by atoms with Gasteiger partial charge < -0.3 is 0 Å². The molecule has 0 aliphatic carbocycles. The Morgan fingerprint density at radius 1 is 1.12 bits per heavy atom. The number of hydrogen-bond donors (Lipinski definition) is 0. The Balaban J connectivity index is 2.17. The Morgan fingerprint density at radius 2 is 2.00 bits per heavy atom. The number of nitrogens with zero attached hydrogens (tertiary/aromatic N) is 4. The van der Waals surface area contributed by atoms with Crippen LogP contribution in [0.1, 0.15) is 13.8 Å². The summed E-state index contributed by atoms with van der Waals surface area (Å²) < 4.78 is 0. The van der Waals surface area contributed by atoms with E-state index in [4.69, 9.17) is 0 Å². The summed E-state index contributed by atoms with van der Waals surface area (Å²) in [4.78, 5) is 14.7. The van der Waals surface area contributed by atoms with E-state index in [9.17, 15) is 0 Å². The van der Waals surface area contributed by atoms with Crippen molar-refractivity contribution in [3.8, 4) is 0 Å². The van der Waals surface area contributed by atoms with Crippen molar-refractivity contribution in [2.75, 3.05) is 0 Å². The highest BCUT2D eigenvalue weighted by molar-refractivity contribution is 6.01. The van der Waals surface area contributed by atoms with Crippen molar-refractivity contribution in [1.82, 2.24) is 4.90 Å².